The van der Waals surface area contributed by atoms with E-state index in [4.69, 9.17) is 14.9 Å². The van der Waals surface area contributed by atoms with E-state index in [2.05, 4.69) is 9.80 Å². The second-order valence-electron chi connectivity index (χ2n) is 10.9. The highest BCUT2D eigenvalue weighted by atomic mass is 19.1. The molecule has 0 spiro atoms. The molecule has 12 nitrogen and oxygen atoms in total. The summed E-state index contributed by atoms with van der Waals surface area (Å²) < 4.78 is 19.7. The van der Waals surface area contributed by atoms with Crippen molar-refractivity contribution < 1.29 is 48.7 Å². The molecule has 2 aliphatic heterocycles. The number of aliphatic hydroxyl groups excluding tert-OH is 2. The van der Waals surface area contributed by atoms with Crippen LogP contribution >= 0.6 is 0 Å². The van der Waals surface area contributed by atoms with Gasteiger partial charge in [0.15, 0.2) is 0 Å². The Balaban J connectivity index is 0.000000507. The number of aliphatic carboxylic acids is 2. The van der Waals surface area contributed by atoms with E-state index in [1.165, 1.54) is 17.0 Å². The predicted octanol–water partition coefficient (Wildman–Crippen LogP) is 1.18. The van der Waals surface area contributed by atoms with Crippen LogP contribution in [-0.2, 0) is 19.2 Å². The molecule has 2 saturated heterocycles. The second-order valence-corrected chi connectivity index (χ2v) is 10.9. The number of ether oxygens (including phenoxy) is 1. The number of imide groups is 1. The first-order chi connectivity index (χ1) is 19.4. The van der Waals surface area contributed by atoms with Crippen LogP contribution in [0.2, 0.25) is 0 Å². The number of anilines is 1. The van der Waals surface area contributed by atoms with Crippen molar-refractivity contribution >= 4 is 29.4 Å². The highest BCUT2D eigenvalue weighted by Gasteiger charge is 2.51. The van der Waals surface area contributed by atoms with Gasteiger partial charge in [0, 0.05) is 38.8 Å². The van der Waals surface area contributed by atoms with Crippen molar-refractivity contribution in [2.45, 2.75) is 64.3 Å². The molecular formula is C28H40FN3O9. The van der Waals surface area contributed by atoms with Crippen LogP contribution < -0.4 is 9.64 Å². The van der Waals surface area contributed by atoms with Crippen LogP contribution in [0.4, 0.5) is 10.1 Å². The number of carbonyl (C=O) groups is 4. The maximum Gasteiger partial charge on any atom is 0.303 e. The summed E-state index contributed by atoms with van der Waals surface area (Å²) in [7, 11) is 0. The van der Waals surface area contributed by atoms with Crippen LogP contribution in [0.15, 0.2) is 18.2 Å². The molecule has 0 radical (unpaired) electrons. The van der Waals surface area contributed by atoms with Crippen molar-refractivity contribution in [3.05, 3.63) is 24.0 Å². The number of aliphatic hydroxyl groups is 2. The number of carboxylic acids is 2. The fourth-order valence-electron chi connectivity index (χ4n) is 5.41. The zero-order valence-electron chi connectivity index (χ0n) is 23.4. The maximum absolute atomic E-state index is 13.9. The predicted molar refractivity (Wildman–Crippen MR) is 145 cm³/mol. The van der Waals surface area contributed by atoms with Gasteiger partial charge in [-0.25, -0.2) is 4.39 Å². The third-order valence-electron chi connectivity index (χ3n) is 7.49. The van der Waals surface area contributed by atoms with E-state index in [0.717, 1.165) is 38.4 Å². The SMILES string of the molecule is CC(C)Oc1ccc(F)cc1N1CCN(CCCN2C(=O)C3CC(O)C(O)CC3C2=O)CC1.O=C(O)CCC(=O)O. The van der Waals surface area contributed by atoms with Crippen LogP contribution in [-0.4, -0.2) is 112 Å². The number of rotatable bonds is 10. The Morgan fingerprint density at radius 1 is 0.927 bits per heavy atom. The van der Waals surface area contributed by atoms with E-state index in [1.807, 2.05) is 13.8 Å². The normalized spacial score (nSPS) is 24.6. The number of carbonyl (C=O) groups excluding carboxylic acids is 2. The van der Waals surface area contributed by atoms with Crippen molar-refractivity contribution in [2.75, 3.05) is 44.2 Å². The summed E-state index contributed by atoms with van der Waals surface area (Å²) in [6.07, 6.45) is -1.50. The van der Waals surface area contributed by atoms with Crippen molar-refractivity contribution in [1.29, 1.82) is 0 Å². The number of hydrogen-bond acceptors (Lipinski definition) is 9. The van der Waals surface area contributed by atoms with E-state index in [-0.39, 0.29) is 49.4 Å². The molecule has 0 aromatic heterocycles. The van der Waals surface area contributed by atoms with Gasteiger partial charge in [-0.15, -0.1) is 0 Å². The molecule has 41 heavy (non-hydrogen) atoms. The summed E-state index contributed by atoms with van der Waals surface area (Å²) in [4.78, 5) is 50.4. The highest BCUT2D eigenvalue weighted by Crippen LogP contribution is 2.38. The fraction of sp³-hybridized carbons (Fsp3) is 0.643. The zero-order chi connectivity index (χ0) is 30.3. The topological polar surface area (TPSA) is 168 Å². The molecule has 1 saturated carbocycles. The van der Waals surface area contributed by atoms with Gasteiger partial charge in [-0.2, -0.15) is 0 Å². The smallest absolute Gasteiger partial charge is 0.303 e. The van der Waals surface area contributed by atoms with Crippen molar-refractivity contribution in [2.24, 2.45) is 11.8 Å². The Morgan fingerprint density at radius 3 is 1.95 bits per heavy atom. The lowest BCUT2D eigenvalue weighted by Crippen LogP contribution is -2.47. The van der Waals surface area contributed by atoms with Crippen LogP contribution in [0.1, 0.15) is 46.0 Å². The second kappa shape index (κ2) is 14.6. The largest absolute Gasteiger partial charge is 0.489 e. The lowest BCUT2D eigenvalue weighted by molar-refractivity contribution is -0.143. The van der Waals surface area contributed by atoms with E-state index in [9.17, 15) is 33.8 Å². The average molecular weight is 582 g/mol. The molecule has 13 heteroatoms. The van der Waals surface area contributed by atoms with Crippen molar-refractivity contribution in [3.8, 4) is 5.75 Å². The molecular weight excluding hydrogens is 541 g/mol. The van der Waals surface area contributed by atoms with Gasteiger partial charge in [-0.3, -0.25) is 29.0 Å². The summed E-state index contributed by atoms with van der Waals surface area (Å²) in [5.74, 6) is -3.21. The molecule has 4 atom stereocenters. The van der Waals surface area contributed by atoms with Gasteiger partial charge in [0.05, 0.1) is 48.7 Å². The van der Waals surface area contributed by atoms with E-state index < -0.39 is 36.0 Å². The molecule has 2 amide bonds. The van der Waals surface area contributed by atoms with E-state index in [0.29, 0.717) is 18.7 Å². The lowest BCUT2D eigenvalue weighted by atomic mass is 9.78. The first-order valence-electron chi connectivity index (χ1n) is 14.0. The average Bonchev–Trinajstić information content (AvgIpc) is 3.13. The first-order valence-corrected chi connectivity index (χ1v) is 14.0. The monoisotopic (exact) mass is 581 g/mol. The van der Waals surface area contributed by atoms with Crippen LogP contribution in [0.3, 0.4) is 0 Å². The number of hydrogen-bond donors (Lipinski definition) is 4. The standard InChI is InChI=1S/C24H34FN3O5.C4H6O4/c1-15(2)33-22-5-4-16(25)12-19(22)27-10-8-26(9-11-27)6-3-7-28-23(31)17-13-20(29)21(30)14-18(17)24(28)32;5-3(6)1-2-4(7)8/h4-5,12,15,17-18,20-21,29-30H,3,6-11,13-14H2,1-2H3;1-2H2,(H,5,6)(H,7,8). The Hall–Kier alpha value is -3.29. The fourth-order valence-corrected chi connectivity index (χ4v) is 5.41. The number of halogens is 1. The van der Waals surface area contributed by atoms with Gasteiger partial charge in [0.1, 0.15) is 11.6 Å². The quantitative estimate of drug-likeness (QED) is 0.293. The van der Waals surface area contributed by atoms with Gasteiger partial charge in [0.25, 0.3) is 0 Å². The van der Waals surface area contributed by atoms with Gasteiger partial charge in [-0.1, -0.05) is 0 Å². The molecule has 2 heterocycles. The molecule has 228 valence electrons. The number of nitrogens with zero attached hydrogens (tertiary/aromatic N) is 3. The van der Waals surface area contributed by atoms with E-state index >= 15 is 0 Å². The Morgan fingerprint density at radius 2 is 1.46 bits per heavy atom. The minimum absolute atomic E-state index is 0.00173. The molecule has 0 bridgehead atoms. The molecule has 1 aliphatic carbocycles. The maximum atomic E-state index is 13.9. The molecule has 1 aromatic carbocycles. The number of carboxylic acid groups (broad SMARTS) is 2. The summed E-state index contributed by atoms with van der Waals surface area (Å²) in [5.41, 5.74) is 0.767. The molecule has 4 unspecified atom stereocenters. The van der Waals surface area contributed by atoms with Crippen LogP contribution in [0.5, 0.6) is 5.75 Å². The third kappa shape index (κ3) is 8.85. The van der Waals surface area contributed by atoms with Gasteiger partial charge < -0.3 is 30.1 Å². The van der Waals surface area contributed by atoms with Gasteiger partial charge in [-0.05, 0) is 51.8 Å². The van der Waals surface area contributed by atoms with Crippen molar-refractivity contribution in [3.63, 3.8) is 0 Å². The molecule has 4 N–H and O–H groups in total. The van der Waals surface area contributed by atoms with Gasteiger partial charge >= 0.3 is 11.9 Å². The number of benzene rings is 1. The summed E-state index contributed by atoms with van der Waals surface area (Å²) >= 11 is 0. The molecule has 1 aromatic rings. The van der Waals surface area contributed by atoms with E-state index in [1.54, 1.807) is 6.07 Å². The van der Waals surface area contributed by atoms with Gasteiger partial charge in [0.2, 0.25) is 11.8 Å². The van der Waals surface area contributed by atoms with Crippen molar-refractivity contribution in [1.82, 2.24) is 9.80 Å². The minimum atomic E-state index is -1.08. The number of amides is 2. The summed E-state index contributed by atoms with van der Waals surface area (Å²) in [6, 6.07) is 4.61. The number of fused-ring (bicyclic) bond motifs is 1. The Bertz CT molecular complexity index is 1050. The number of likely N-dealkylation sites (tertiary alicyclic amines) is 1. The van der Waals surface area contributed by atoms with Crippen LogP contribution in [0.25, 0.3) is 0 Å². The molecule has 3 aliphatic rings. The summed E-state index contributed by atoms with van der Waals surface area (Å²) in [6.45, 7) is 8.06. The molecule has 3 fully saturated rings. The Labute approximate surface area is 238 Å². The number of piperazine rings is 1. The minimum Gasteiger partial charge on any atom is -0.489 e. The highest BCUT2D eigenvalue weighted by molar-refractivity contribution is 6.05. The Kier molecular flexibility index (Phi) is 11.4. The zero-order valence-corrected chi connectivity index (χ0v) is 23.4. The lowest BCUT2D eigenvalue weighted by Gasteiger charge is -2.37. The van der Waals surface area contributed by atoms with Crippen LogP contribution in [0, 0.1) is 17.7 Å². The third-order valence-corrected chi connectivity index (χ3v) is 7.49. The first kappa shape index (κ1) is 32.2. The molecule has 4 rings (SSSR count). The summed E-state index contributed by atoms with van der Waals surface area (Å²) in [5, 5.41) is 35.5.